The van der Waals surface area contributed by atoms with Crippen LogP contribution in [-0.2, 0) is 0 Å². The van der Waals surface area contributed by atoms with E-state index in [1.807, 2.05) is 11.8 Å². The Morgan fingerprint density at radius 1 is 0.952 bits per heavy atom. The molecule has 0 amide bonds. The van der Waals surface area contributed by atoms with Crippen molar-refractivity contribution in [3.05, 3.63) is 0 Å². The number of oxime groups is 1. The summed E-state index contributed by atoms with van der Waals surface area (Å²) < 4.78 is 0. The Bertz CT molecular complexity index is 268. The Kier molecular flexibility index (Phi) is 12.1. The average Bonchev–Trinajstić information content (AvgIpc) is 2.53. The second kappa shape index (κ2) is 13.5. The molecule has 1 N–H and O–H groups in total. The molecule has 0 heterocycles. The van der Waals surface area contributed by atoms with Gasteiger partial charge >= 0.3 is 0 Å². The van der Waals surface area contributed by atoms with Gasteiger partial charge < -0.3 is 5.21 Å². The third-order valence-corrected chi connectivity index (χ3v) is 5.90. The fourth-order valence-corrected chi connectivity index (χ4v) is 4.42. The third kappa shape index (κ3) is 9.44. The van der Waals surface area contributed by atoms with E-state index in [0.29, 0.717) is 5.25 Å². The Labute approximate surface area is 136 Å². The molecule has 1 atom stereocenters. The van der Waals surface area contributed by atoms with E-state index < -0.39 is 0 Å². The number of nitrogens with zero attached hydrogens (tertiary/aromatic N) is 1. The van der Waals surface area contributed by atoms with Crippen LogP contribution in [0.3, 0.4) is 0 Å². The summed E-state index contributed by atoms with van der Waals surface area (Å²) in [6.45, 7) is 2.28. The van der Waals surface area contributed by atoms with Crippen molar-refractivity contribution in [2.24, 2.45) is 5.16 Å². The number of unbranched alkanes of at least 4 members (excludes halogenated alkanes) is 9. The molecule has 0 radical (unpaired) electrons. The topological polar surface area (TPSA) is 32.6 Å². The lowest BCUT2D eigenvalue weighted by molar-refractivity contribution is 0.314. The Morgan fingerprint density at radius 3 is 2.19 bits per heavy atom. The molecule has 3 heteroatoms. The predicted octanol–water partition coefficient (Wildman–Crippen LogP) is 6.41. The molecule has 0 spiro atoms. The van der Waals surface area contributed by atoms with Crippen LogP contribution in [0.4, 0.5) is 0 Å². The van der Waals surface area contributed by atoms with Crippen LogP contribution in [0.1, 0.15) is 96.8 Å². The Morgan fingerprint density at radius 2 is 1.57 bits per heavy atom. The highest BCUT2D eigenvalue weighted by atomic mass is 32.2. The lowest BCUT2D eigenvalue weighted by Gasteiger charge is -2.22. The normalized spacial score (nSPS) is 21.0. The molecule has 21 heavy (non-hydrogen) atoms. The zero-order valence-electron chi connectivity index (χ0n) is 14.0. The lowest BCUT2D eigenvalue weighted by atomic mass is 9.98. The van der Waals surface area contributed by atoms with Crippen molar-refractivity contribution in [2.75, 3.05) is 5.75 Å². The number of thioether (sulfide) groups is 1. The molecule has 1 saturated carbocycles. The highest BCUT2D eigenvalue weighted by Crippen LogP contribution is 2.27. The lowest BCUT2D eigenvalue weighted by Crippen LogP contribution is -2.22. The van der Waals surface area contributed by atoms with Gasteiger partial charge in [-0.15, -0.1) is 0 Å². The van der Waals surface area contributed by atoms with E-state index in [4.69, 9.17) is 5.21 Å². The van der Waals surface area contributed by atoms with Crippen LogP contribution in [0.25, 0.3) is 0 Å². The maximum absolute atomic E-state index is 9.01. The SMILES string of the molecule is CCCCCCCCCCCCS[C@@H]1CCCC/C1=N/O. The molecule has 0 aromatic heterocycles. The maximum Gasteiger partial charge on any atom is 0.0700 e. The first-order valence-electron chi connectivity index (χ1n) is 9.21. The molecule has 1 aliphatic carbocycles. The first-order chi connectivity index (χ1) is 10.4. The summed E-state index contributed by atoms with van der Waals surface area (Å²) in [5.41, 5.74) is 1.04. The highest BCUT2D eigenvalue weighted by Gasteiger charge is 2.20. The first kappa shape index (κ1) is 18.9. The number of hydrogen-bond donors (Lipinski definition) is 1. The second-order valence-corrected chi connectivity index (χ2v) is 7.69. The molecular weight excluding hydrogens is 278 g/mol. The summed E-state index contributed by atoms with van der Waals surface area (Å²) in [6.07, 6.45) is 18.8. The minimum atomic E-state index is 0.502. The van der Waals surface area contributed by atoms with Gasteiger partial charge in [0.2, 0.25) is 0 Å². The zero-order valence-corrected chi connectivity index (χ0v) is 14.8. The van der Waals surface area contributed by atoms with Crippen molar-refractivity contribution in [3.8, 4) is 0 Å². The summed E-state index contributed by atoms with van der Waals surface area (Å²) >= 11 is 2.02. The van der Waals surface area contributed by atoms with Gasteiger partial charge in [0.15, 0.2) is 0 Å². The monoisotopic (exact) mass is 313 g/mol. The summed E-state index contributed by atoms with van der Waals surface area (Å²) in [4.78, 5) is 0. The molecule has 2 nitrogen and oxygen atoms in total. The van der Waals surface area contributed by atoms with Crippen molar-refractivity contribution in [1.82, 2.24) is 0 Å². The largest absolute Gasteiger partial charge is 0.411 e. The number of rotatable bonds is 12. The second-order valence-electron chi connectivity index (χ2n) is 6.38. The standard InChI is InChI=1S/C18H35NOS/c1-2-3-4-5-6-7-8-9-10-13-16-21-18-15-12-11-14-17(18)19-20/h18,20H,2-16H2,1H3/b19-17-/t18-/m1/s1. The van der Waals surface area contributed by atoms with E-state index in [0.717, 1.165) is 12.1 Å². The summed E-state index contributed by atoms with van der Waals surface area (Å²) in [6, 6.07) is 0. The van der Waals surface area contributed by atoms with E-state index >= 15 is 0 Å². The van der Waals surface area contributed by atoms with Gasteiger partial charge in [-0.2, -0.15) is 11.8 Å². The highest BCUT2D eigenvalue weighted by molar-refractivity contribution is 8.00. The van der Waals surface area contributed by atoms with Gasteiger partial charge in [-0.25, -0.2) is 0 Å². The van der Waals surface area contributed by atoms with Gasteiger partial charge in [-0.3, -0.25) is 0 Å². The molecule has 0 unspecified atom stereocenters. The third-order valence-electron chi connectivity index (χ3n) is 4.47. The van der Waals surface area contributed by atoms with Crippen molar-refractivity contribution >= 4 is 17.5 Å². The Balaban J connectivity index is 1.86. The van der Waals surface area contributed by atoms with E-state index in [-0.39, 0.29) is 0 Å². The van der Waals surface area contributed by atoms with Crippen LogP contribution >= 0.6 is 11.8 Å². The maximum atomic E-state index is 9.01. The quantitative estimate of drug-likeness (QED) is 0.256. The van der Waals surface area contributed by atoms with E-state index in [9.17, 15) is 0 Å². The number of hydrogen-bond acceptors (Lipinski definition) is 3. The average molecular weight is 314 g/mol. The van der Waals surface area contributed by atoms with Crippen LogP contribution in [-0.4, -0.2) is 21.9 Å². The smallest absolute Gasteiger partial charge is 0.0700 e. The van der Waals surface area contributed by atoms with Crippen molar-refractivity contribution in [2.45, 2.75) is 102 Å². The first-order valence-corrected chi connectivity index (χ1v) is 10.3. The van der Waals surface area contributed by atoms with Crippen molar-refractivity contribution in [1.29, 1.82) is 0 Å². The van der Waals surface area contributed by atoms with Crippen LogP contribution in [0.15, 0.2) is 5.16 Å². The molecule has 1 aliphatic rings. The molecule has 0 aliphatic heterocycles. The minimum absolute atomic E-state index is 0.502. The van der Waals surface area contributed by atoms with Gasteiger partial charge in [0.05, 0.1) is 5.71 Å². The van der Waals surface area contributed by atoms with Gasteiger partial charge in [-0.1, -0.05) is 76.3 Å². The van der Waals surface area contributed by atoms with Gasteiger partial charge in [-0.05, 0) is 31.4 Å². The van der Waals surface area contributed by atoms with Crippen LogP contribution < -0.4 is 0 Å². The van der Waals surface area contributed by atoms with E-state index in [1.165, 1.54) is 89.2 Å². The predicted molar refractivity (Wildman–Crippen MR) is 95.8 cm³/mol. The van der Waals surface area contributed by atoms with Crippen molar-refractivity contribution < 1.29 is 5.21 Å². The van der Waals surface area contributed by atoms with Crippen molar-refractivity contribution in [3.63, 3.8) is 0 Å². The molecule has 0 bridgehead atoms. The van der Waals surface area contributed by atoms with E-state index in [2.05, 4.69) is 12.1 Å². The molecule has 0 saturated heterocycles. The van der Waals surface area contributed by atoms with Gasteiger partial charge in [0, 0.05) is 5.25 Å². The molecular formula is C18H35NOS. The summed E-state index contributed by atoms with van der Waals surface area (Å²) in [5, 5.41) is 13.0. The fraction of sp³-hybridized carbons (Fsp3) is 0.944. The zero-order chi connectivity index (χ0) is 15.2. The molecule has 1 fully saturated rings. The van der Waals surface area contributed by atoms with Gasteiger partial charge in [0.1, 0.15) is 0 Å². The molecule has 0 aromatic rings. The van der Waals surface area contributed by atoms with E-state index in [1.54, 1.807) is 0 Å². The summed E-state index contributed by atoms with van der Waals surface area (Å²) in [7, 11) is 0. The van der Waals surface area contributed by atoms with Crippen LogP contribution in [0.5, 0.6) is 0 Å². The summed E-state index contributed by atoms with van der Waals surface area (Å²) in [5.74, 6) is 1.24. The molecule has 1 rings (SSSR count). The fourth-order valence-electron chi connectivity index (χ4n) is 3.07. The minimum Gasteiger partial charge on any atom is -0.411 e. The molecule has 0 aromatic carbocycles. The molecule has 124 valence electrons. The Hall–Kier alpha value is -0.180. The van der Waals surface area contributed by atoms with Crippen LogP contribution in [0, 0.1) is 0 Å². The van der Waals surface area contributed by atoms with Crippen LogP contribution in [0.2, 0.25) is 0 Å². The van der Waals surface area contributed by atoms with Gasteiger partial charge in [0.25, 0.3) is 0 Å².